The molecule has 0 atom stereocenters. The van der Waals surface area contributed by atoms with Crippen molar-refractivity contribution in [2.24, 2.45) is 28.7 Å². The monoisotopic (exact) mass is 1680 g/mol. The van der Waals surface area contributed by atoms with Crippen molar-refractivity contribution in [3.63, 3.8) is 0 Å². The third-order valence-corrected chi connectivity index (χ3v) is 20.3. The van der Waals surface area contributed by atoms with E-state index in [4.69, 9.17) is 66.6 Å². The van der Waals surface area contributed by atoms with Gasteiger partial charge in [0.1, 0.15) is 13.2 Å². The molecule has 8 aromatic carbocycles. The van der Waals surface area contributed by atoms with E-state index in [1.807, 2.05) is 162 Å². The highest BCUT2D eigenvalue weighted by molar-refractivity contribution is 6.12. The van der Waals surface area contributed by atoms with Crippen LogP contribution in [0.2, 0.25) is 0 Å². The summed E-state index contributed by atoms with van der Waals surface area (Å²) in [5.41, 5.74) is 43.7. The summed E-state index contributed by atoms with van der Waals surface area (Å²) in [6.45, 7) is 13.0. The van der Waals surface area contributed by atoms with Gasteiger partial charge in [0, 0.05) is 145 Å². The molecule has 13 aromatic rings. The first-order valence-corrected chi connectivity index (χ1v) is 40.9. The molecule has 0 fully saturated rings. The lowest BCUT2D eigenvalue weighted by atomic mass is 10.1. The molecule has 0 saturated carbocycles. The van der Waals surface area contributed by atoms with Gasteiger partial charge in [-0.3, -0.25) is 44.1 Å². The Kier molecular flexibility index (Phi) is 33.7. The number of nitrogens with one attached hydrogen (secondary N) is 5. The Bertz CT molecular complexity index is 5840. The number of benzene rings is 8. The fourth-order valence-corrected chi connectivity index (χ4v) is 13.7. The SMILES string of the molecule is CCc1ccccc1Nc1c(C(N)=O)cnc2cc(OC)c(OCCN)cc12.CCc1ccccc1Nc1c(C(N)=O)cnc2cc(OC)c(OCCNC)cc12.CCc1ccccc1Nc1c(C(N)=O)cnc2cc(OCCCN(C)C)c(OC)cc12.CCc1ccccc1Nc1c(C(N)=O)cnc2cc(OCCCN(C)c3ccncc3)c(OC)cc12. The van der Waals surface area contributed by atoms with Gasteiger partial charge in [-0.25, -0.2) is 0 Å². The predicted molar refractivity (Wildman–Crippen MR) is 494 cm³/mol. The molecule has 0 aliphatic heterocycles. The number of methoxy groups -OCH3 is 4. The fraction of sp³-hybridized carbons (Fsp3) is 0.274. The van der Waals surface area contributed by atoms with Crippen molar-refractivity contribution < 1.29 is 57.1 Å². The molecule has 648 valence electrons. The number of nitrogens with two attached hydrogens (primary N) is 5. The Hall–Kier alpha value is -14.3. The minimum atomic E-state index is -0.564. The number of ether oxygens (including phenoxy) is 8. The van der Waals surface area contributed by atoms with Crippen LogP contribution in [0.5, 0.6) is 46.0 Å². The summed E-state index contributed by atoms with van der Waals surface area (Å²) < 4.78 is 45.7. The molecule has 0 bridgehead atoms. The number of aromatic nitrogens is 5. The normalized spacial score (nSPS) is 10.8. The fourth-order valence-electron chi connectivity index (χ4n) is 13.7. The molecule has 29 heteroatoms. The van der Waals surface area contributed by atoms with E-state index in [9.17, 15) is 19.2 Å². The van der Waals surface area contributed by atoms with Crippen LogP contribution in [0.1, 0.15) is 104 Å². The number of carbonyl (C=O) groups is 4. The van der Waals surface area contributed by atoms with Crippen molar-refractivity contribution in [3.05, 3.63) is 239 Å². The van der Waals surface area contributed by atoms with E-state index < -0.39 is 23.6 Å². The number of nitrogens with zero attached hydrogens (tertiary/aromatic N) is 7. The first kappa shape index (κ1) is 92.0. The molecule has 29 nitrogen and oxygen atoms in total. The third-order valence-electron chi connectivity index (χ3n) is 20.3. The van der Waals surface area contributed by atoms with Gasteiger partial charge in [0.15, 0.2) is 46.0 Å². The number of aryl methyl sites for hydroxylation is 4. The summed E-state index contributed by atoms with van der Waals surface area (Å²) in [5, 5.41) is 19.5. The number of carbonyl (C=O) groups excluding carboxylic acids is 4. The van der Waals surface area contributed by atoms with Crippen LogP contribution in [-0.2, 0) is 25.7 Å². The van der Waals surface area contributed by atoms with E-state index in [-0.39, 0.29) is 0 Å². The number of hydrogen-bond acceptors (Lipinski definition) is 25. The van der Waals surface area contributed by atoms with Crippen LogP contribution in [0, 0.1) is 0 Å². The molecular formula is C95H111N17O12. The number of hydrogen-bond donors (Lipinski definition) is 10. The largest absolute Gasteiger partial charge is 0.493 e. The van der Waals surface area contributed by atoms with E-state index in [2.05, 4.69) is 95.1 Å². The van der Waals surface area contributed by atoms with Gasteiger partial charge in [-0.05, 0) is 143 Å². The minimum Gasteiger partial charge on any atom is -0.493 e. The molecule has 4 amide bonds. The van der Waals surface area contributed by atoms with Crippen molar-refractivity contribution in [1.82, 2.24) is 35.1 Å². The lowest BCUT2D eigenvalue weighted by molar-refractivity contribution is 0.0992. The maximum atomic E-state index is 12.2. The zero-order valence-corrected chi connectivity index (χ0v) is 72.3. The highest BCUT2D eigenvalue weighted by Crippen LogP contribution is 2.43. The van der Waals surface area contributed by atoms with E-state index in [1.165, 1.54) is 24.8 Å². The average Bonchev–Trinajstić information content (AvgIpc) is 0.788. The van der Waals surface area contributed by atoms with Crippen LogP contribution in [0.4, 0.5) is 51.2 Å². The molecular weight excluding hydrogens is 1570 g/mol. The number of fused-ring (bicyclic) bond motifs is 4. The number of rotatable bonds is 38. The van der Waals surface area contributed by atoms with Gasteiger partial charge in [-0.15, -0.1) is 0 Å². The lowest BCUT2D eigenvalue weighted by Gasteiger charge is -2.20. The van der Waals surface area contributed by atoms with Gasteiger partial charge in [0.25, 0.3) is 23.6 Å². The second-order valence-corrected chi connectivity index (χ2v) is 28.7. The van der Waals surface area contributed by atoms with Crippen LogP contribution in [0.3, 0.4) is 0 Å². The Morgan fingerprint density at radius 1 is 0.371 bits per heavy atom. The van der Waals surface area contributed by atoms with Crippen molar-refractivity contribution in [2.75, 3.05) is 135 Å². The number of amides is 4. The lowest BCUT2D eigenvalue weighted by Crippen LogP contribution is -2.20. The average molecular weight is 1680 g/mol. The molecule has 124 heavy (non-hydrogen) atoms. The molecule has 0 spiro atoms. The van der Waals surface area contributed by atoms with Gasteiger partial charge >= 0.3 is 0 Å². The van der Waals surface area contributed by atoms with Crippen LogP contribution >= 0.6 is 0 Å². The quantitative estimate of drug-likeness (QED) is 0.0161. The van der Waals surface area contributed by atoms with Crippen molar-refractivity contribution >= 4 is 118 Å². The number of primary amides is 4. The summed E-state index contributed by atoms with van der Waals surface area (Å²) in [5.74, 6) is 2.34. The molecule has 15 N–H and O–H groups in total. The molecule has 0 aliphatic rings. The Morgan fingerprint density at radius 2 is 0.653 bits per heavy atom. The van der Waals surface area contributed by atoms with Crippen LogP contribution in [0.25, 0.3) is 43.6 Å². The molecule has 5 aromatic heterocycles. The highest BCUT2D eigenvalue weighted by atomic mass is 16.5. The van der Waals surface area contributed by atoms with E-state index >= 15 is 0 Å². The first-order chi connectivity index (χ1) is 60.1. The number of likely N-dealkylation sites (N-methyl/N-ethyl adjacent to an activating group) is 1. The molecule has 0 aliphatic carbocycles. The standard InChI is InChI=1S/C28H31N5O3.C24H30N4O3.C22H26N4O3.C21H24N4O3/c1-4-19-8-5-6-9-23(19)32-27-21-16-25(35-3)26(17-24(21)31-18-22(27)28(29)34)36-15-7-14-33(2)20-10-12-30-13-11-20;1-5-16-9-6-7-10-19(16)27-23-17-13-21(30-4)22(31-12-8-11-28(2)3)14-20(17)26-15-18(23)24(25)29;1-4-14-7-5-6-8-17(14)26-21-15-11-20(29-10-9-24-2)19(28-3)12-18(15)25-13-16(21)22(23)27;1-3-13-6-4-5-7-16(13)25-20-14-10-19(28-9-8-22)18(27-2)11-17(14)24-12-15(20)21(23)26/h5-6,8-13,16-18H,4,7,14-15H2,1-3H3,(H2,29,34)(H,31,32);6-7,9-10,13-15H,5,8,11-12H2,1-4H3,(H2,25,29)(H,26,27);5-8,11-13,24H,4,9-10H2,1-3H3,(H2,23,27)(H,25,26);4-7,10-12H,3,8-9,22H2,1-2H3,(H2,23,26)(H,24,25). The van der Waals surface area contributed by atoms with E-state index in [0.717, 1.165) is 118 Å². The molecule has 0 radical (unpaired) electrons. The van der Waals surface area contributed by atoms with Crippen molar-refractivity contribution in [2.45, 2.75) is 66.2 Å². The molecule has 0 saturated heterocycles. The zero-order valence-electron chi connectivity index (χ0n) is 72.3. The van der Waals surface area contributed by atoms with Gasteiger partial charge < -0.3 is 103 Å². The predicted octanol–water partition coefficient (Wildman–Crippen LogP) is 15.2. The highest BCUT2D eigenvalue weighted by Gasteiger charge is 2.24. The maximum absolute atomic E-state index is 12.2. The smallest absolute Gasteiger partial charge is 0.252 e. The van der Waals surface area contributed by atoms with E-state index in [0.29, 0.717) is 158 Å². The summed E-state index contributed by atoms with van der Waals surface area (Å²) in [6, 6.07) is 50.3. The number of anilines is 9. The zero-order chi connectivity index (χ0) is 88.8. The van der Waals surface area contributed by atoms with Crippen LogP contribution in [-0.4, -0.2) is 163 Å². The maximum Gasteiger partial charge on any atom is 0.252 e. The van der Waals surface area contributed by atoms with Gasteiger partial charge in [0.2, 0.25) is 0 Å². The second-order valence-electron chi connectivity index (χ2n) is 28.7. The second kappa shape index (κ2) is 45.4. The third kappa shape index (κ3) is 23.4. The first-order valence-electron chi connectivity index (χ1n) is 40.9. The van der Waals surface area contributed by atoms with Gasteiger partial charge in [-0.2, -0.15) is 0 Å². The summed E-state index contributed by atoms with van der Waals surface area (Å²) in [6.07, 6.45) is 14.6. The minimum absolute atomic E-state index is 0.299. The van der Waals surface area contributed by atoms with Crippen LogP contribution in [0.15, 0.2) is 195 Å². The van der Waals surface area contributed by atoms with Crippen LogP contribution < -0.4 is 98.0 Å². The summed E-state index contributed by atoms with van der Waals surface area (Å²) >= 11 is 0. The Morgan fingerprint density at radius 3 is 0.952 bits per heavy atom. The van der Waals surface area contributed by atoms with Gasteiger partial charge in [-0.1, -0.05) is 100 Å². The summed E-state index contributed by atoms with van der Waals surface area (Å²) in [4.78, 5) is 74.6. The van der Waals surface area contributed by atoms with E-state index in [1.54, 1.807) is 59.0 Å². The topological polar surface area (TPSA) is 403 Å². The van der Waals surface area contributed by atoms with Crippen molar-refractivity contribution in [3.8, 4) is 46.0 Å². The number of pyridine rings is 5. The Labute approximate surface area is 722 Å². The molecule has 13 rings (SSSR count). The van der Waals surface area contributed by atoms with Gasteiger partial charge in [0.05, 0.1) is 109 Å². The number of para-hydroxylation sites is 4. The Balaban J connectivity index is 0.000000174. The van der Waals surface area contributed by atoms with Crippen molar-refractivity contribution in [1.29, 1.82) is 0 Å². The summed E-state index contributed by atoms with van der Waals surface area (Å²) in [7, 11) is 14.3. The molecule has 5 heterocycles. The molecule has 0 unspecified atom stereocenters.